The van der Waals surface area contributed by atoms with E-state index in [9.17, 15) is 18.0 Å². The van der Waals surface area contributed by atoms with Crippen LogP contribution in [-0.4, -0.2) is 27.4 Å². The number of anilines is 1. The van der Waals surface area contributed by atoms with Gasteiger partial charge in [-0.05, 0) is 31.5 Å². The number of aliphatic hydroxyl groups is 1. The number of benzene rings is 1. The van der Waals surface area contributed by atoms with Crippen molar-refractivity contribution in [2.45, 2.75) is 32.5 Å². The Labute approximate surface area is 147 Å². The van der Waals surface area contributed by atoms with Crippen molar-refractivity contribution in [2.75, 3.05) is 11.9 Å². The molecule has 1 heterocycles. The van der Waals surface area contributed by atoms with Gasteiger partial charge in [-0.2, -0.15) is 13.2 Å². The van der Waals surface area contributed by atoms with Crippen LogP contribution in [0.15, 0.2) is 29.1 Å². The molecule has 0 radical (unpaired) electrons. The molecule has 9 heteroatoms. The Balaban J connectivity index is 2.32. The number of nitrogens with zero attached hydrogens (tertiary/aromatic N) is 1. The molecule has 0 aliphatic carbocycles. The first-order chi connectivity index (χ1) is 12.1. The molecule has 1 aromatic heterocycles. The molecular formula is C17H19F3N4O2. The van der Waals surface area contributed by atoms with Crippen molar-refractivity contribution in [1.82, 2.24) is 9.97 Å². The molecule has 0 saturated heterocycles. The quantitative estimate of drug-likeness (QED) is 0.589. The molecule has 26 heavy (non-hydrogen) atoms. The van der Waals surface area contributed by atoms with Crippen molar-refractivity contribution in [3.05, 3.63) is 57.1 Å². The van der Waals surface area contributed by atoms with Gasteiger partial charge in [0.15, 0.2) is 0 Å². The summed E-state index contributed by atoms with van der Waals surface area (Å²) in [4.78, 5) is 18.9. The number of hydrogen-bond acceptors (Lipinski definition) is 5. The summed E-state index contributed by atoms with van der Waals surface area (Å²) in [5.41, 5.74) is -0.772. The van der Waals surface area contributed by atoms with E-state index < -0.39 is 23.3 Å². The Hall–Kier alpha value is -2.68. The van der Waals surface area contributed by atoms with E-state index in [0.29, 0.717) is 11.4 Å². The summed E-state index contributed by atoms with van der Waals surface area (Å²) in [5.74, 6) is 0.481. The van der Waals surface area contributed by atoms with E-state index in [1.807, 2.05) is 0 Å². The number of nitrogens with one attached hydrogen (secondary N) is 3. The van der Waals surface area contributed by atoms with Gasteiger partial charge in [0.05, 0.1) is 11.3 Å². The number of aromatic nitrogens is 2. The van der Waals surface area contributed by atoms with Crippen LogP contribution in [0.5, 0.6) is 0 Å². The first-order valence-corrected chi connectivity index (χ1v) is 7.86. The average Bonchev–Trinajstić information content (AvgIpc) is 2.53. The van der Waals surface area contributed by atoms with E-state index in [2.05, 4.69) is 15.3 Å². The van der Waals surface area contributed by atoms with Gasteiger partial charge in [-0.25, -0.2) is 4.98 Å². The number of H-pyrrole nitrogens is 1. The topological polar surface area (TPSA) is 102 Å². The highest BCUT2D eigenvalue weighted by Crippen LogP contribution is 2.30. The molecule has 1 atom stereocenters. The molecule has 0 amide bonds. The zero-order valence-electron chi connectivity index (χ0n) is 14.2. The molecular weight excluding hydrogens is 349 g/mol. The first kappa shape index (κ1) is 19.6. The van der Waals surface area contributed by atoms with Gasteiger partial charge in [-0.15, -0.1) is 0 Å². The lowest BCUT2D eigenvalue weighted by atomic mass is 10.0. The van der Waals surface area contributed by atoms with Gasteiger partial charge in [0.2, 0.25) is 0 Å². The van der Waals surface area contributed by atoms with Gasteiger partial charge in [-0.1, -0.05) is 12.1 Å². The minimum Gasteiger partial charge on any atom is -0.396 e. The highest BCUT2D eigenvalue weighted by Gasteiger charge is 2.30. The molecule has 0 aliphatic heterocycles. The predicted molar refractivity (Wildman–Crippen MR) is 91.6 cm³/mol. The van der Waals surface area contributed by atoms with E-state index in [4.69, 9.17) is 10.5 Å². The zero-order chi connectivity index (χ0) is 19.5. The van der Waals surface area contributed by atoms with Crippen LogP contribution in [0.2, 0.25) is 0 Å². The van der Waals surface area contributed by atoms with Crippen LogP contribution in [0, 0.1) is 12.3 Å². The summed E-state index contributed by atoms with van der Waals surface area (Å²) in [6, 6.07) is 4.21. The SMILES string of the molecule is Cc1nc(NC(C)c2ccc(C(F)(F)F)cc2)c(C(=N)CCO)c(=O)[nH]1. The molecule has 140 valence electrons. The zero-order valence-corrected chi connectivity index (χ0v) is 14.2. The molecule has 2 aromatic rings. The molecule has 0 aliphatic rings. The second-order valence-electron chi connectivity index (χ2n) is 5.81. The molecule has 4 N–H and O–H groups in total. The van der Waals surface area contributed by atoms with Gasteiger partial charge in [0.1, 0.15) is 17.2 Å². The number of alkyl halides is 3. The second-order valence-corrected chi connectivity index (χ2v) is 5.81. The summed E-state index contributed by atoms with van der Waals surface area (Å²) in [6.07, 6.45) is -4.43. The van der Waals surface area contributed by atoms with Crippen molar-refractivity contribution in [1.29, 1.82) is 5.41 Å². The lowest BCUT2D eigenvalue weighted by Gasteiger charge is -2.18. The maximum atomic E-state index is 12.7. The largest absolute Gasteiger partial charge is 0.416 e. The molecule has 0 fully saturated rings. The normalized spacial score (nSPS) is 12.7. The van der Waals surface area contributed by atoms with Gasteiger partial charge in [0.25, 0.3) is 5.56 Å². The van der Waals surface area contributed by atoms with Gasteiger partial charge in [-0.3, -0.25) is 4.79 Å². The van der Waals surface area contributed by atoms with E-state index in [0.717, 1.165) is 12.1 Å². The van der Waals surface area contributed by atoms with Crippen molar-refractivity contribution in [2.24, 2.45) is 0 Å². The summed E-state index contributed by atoms with van der Waals surface area (Å²) in [5, 5.41) is 19.9. The van der Waals surface area contributed by atoms with Crippen molar-refractivity contribution < 1.29 is 18.3 Å². The van der Waals surface area contributed by atoms with Crippen LogP contribution >= 0.6 is 0 Å². The third kappa shape index (κ3) is 4.48. The van der Waals surface area contributed by atoms with Gasteiger partial charge >= 0.3 is 6.18 Å². The second kappa shape index (κ2) is 7.69. The summed E-state index contributed by atoms with van der Waals surface area (Å²) in [7, 11) is 0. The van der Waals surface area contributed by atoms with Crippen LogP contribution in [0.4, 0.5) is 19.0 Å². The lowest BCUT2D eigenvalue weighted by molar-refractivity contribution is -0.137. The average molecular weight is 368 g/mol. The first-order valence-electron chi connectivity index (χ1n) is 7.86. The third-order valence-electron chi connectivity index (χ3n) is 3.79. The Morgan fingerprint density at radius 3 is 2.50 bits per heavy atom. The molecule has 2 rings (SSSR count). The fourth-order valence-corrected chi connectivity index (χ4v) is 2.46. The van der Waals surface area contributed by atoms with Crippen LogP contribution in [0.1, 0.15) is 41.9 Å². The number of aromatic amines is 1. The monoisotopic (exact) mass is 368 g/mol. The fourth-order valence-electron chi connectivity index (χ4n) is 2.46. The Kier molecular flexibility index (Phi) is 5.81. The molecule has 0 saturated carbocycles. The molecule has 1 aromatic carbocycles. The van der Waals surface area contributed by atoms with Gasteiger partial charge in [0, 0.05) is 19.1 Å². The standard InChI is InChI=1S/C17H19F3N4O2/c1-9(11-3-5-12(6-4-11)17(18,19)20)22-15-14(13(21)7-8-25)16(26)24-10(2)23-15/h3-6,9,21,25H,7-8H2,1-2H3,(H2,22,23,24,26). The minimum atomic E-state index is -4.41. The predicted octanol–water partition coefficient (Wildman–Crippen LogP) is 3.02. The summed E-state index contributed by atoms with van der Waals surface area (Å²) < 4.78 is 38.0. The fraction of sp³-hybridized carbons (Fsp3) is 0.353. The minimum absolute atomic E-state index is 0.00316. The van der Waals surface area contributed by atoms with E-state index >= 15 is 0 Å². The van der Waals surface area contributed by atoms with Crippen molar-refractivity contribution in [3.8, 4) is 0 Å². The number of halogens is 3. The lowest BCUT2D eigenvalue weighted by Crippen LogP contribution is -2.24. The third-order valence-corrected chi connectivity index (χ3v) is 3.79. The van der Waals surface area contributed by atoms with E-state index in [1.54, 1.807) is 13.8 Å². The van der Waals surface area contributed by atoms with Gasteiger partial charge < -0.3 is 20.8 Å². The van der Waals surface area contributed by atoms with Crippen LogP contribution < -0.4 is 10.9 Å². The van der Waals surface area contributed by atoms with E-state index in [1.165, 1.54) is 12.1 Å². The van der Waals surface area contributed by atoms with Crippen LogP contribution in [0.25, 0.3) is 0 Å². The van der Waals surface area contributed by atoms with Crippen LogP contribution in [-0.2, 0) is 6.18 Å². The molecule has 6 nitrogen and oxygen atoms in total. The smallest absolute Gasteiger partial charge is 0.396 e. The van der Waals surface area contributed by atoms with Crippen molar-refractivity contribution >= 4 is 11.5 Å². The Morgan fingerprint density at radius 1 is 1.35 bits per heavy atom. The van der Waals surface area contributed by atoms with E-state index in [-0.39, 0.29) is 30.1 Å². The number of aliphatic hydroxyl groups excluding tert-OH is 1. The summed E-state index contributed by atoms with van der Waals surface area (Å²) >= 11 is 0. The number of hydrogen-bond donors (Lipinski definition) is 4. The number of rotatable bonds is 6. The summed E-state index contributed by atoms with van der Waals surface area (Å²) in [6.45, 7) is 3.00. The molecule has 0 bridgehead atoms. The maximum Gasteiger partial charge on any atom is 0.416 e. The maximum absolute atomic E-state index is 12.7. The molecule has 1 unspecified atom stereocenters. The highest BCUT2D eigenvalue weighted by atomic mass is 19.4. The molecule has 0 spiro atoms. The number of aryl methyl sites for hydroxylation is 1. The van der Waals surface area contributed by atoms with Crippen molar-refractivity contribution in [3.63, 3.8) is 0 Å². The Morgan fingerprint density at radius 2 is 1.96 bits per heavy atom. The van der Waals surface area contributed by atoms with Crippen LogP contribution in [0.3, 0.4) is 0 Å². The Bertz CT molecular complexity index is 845. The highest BCUT2D eigenvalue weighted by molar-refractivity contribution is 6.02.